The molecule has 0 radical (unpaired) electrons. The van der Waals surface area contributed by atoms with Crippen LogP contribution >= 0.6 is 11.6 Å². The van der Waals surface area contributed by atoms with Crippen molar-refractivity contribution in [3.8, 4) is 0 Å². The topological polar surface area (TPSA) is 63.4 Å². The second-order valence-corrected chi connectivity index (χ2v) is 4.39. The highest BCUT2D eigenvalue weighted by molar-refractivity contribution is 6.52. The average molecular weight is 281 g/mol. The van der Waals surface area contributed by atoms with Crippen LogP contribution < -0.4 is 4.90 Å². The molecule has 0 bridgehead atoms. The fourth-order valence-electron chi connectivity index (χ4n) is 1.93. The van der Waals surface area contributed by atoms with Crippen molar-refractivity contribution in [1.82, 2.24) is 5.16 Å². The van der Waals surface area contributed by atoms with Crippen molar-refractivity contribution in [3.05, 3.63) is 46.6 Å². The van der Waals surface area contributed by atoms with Gasteiger partial charge in [0.2, 0.25) is 0 Å². The first-order chi connectivity index (χ1) is 9.08. The Balaban J connectivity index is 2.06. The van der Waals surface area contributed by atoms with Gasteiger partial charge in [0.25, 0.3) is 11.7 Å². The van der Waals surface area contributed by atoms with E-state index in [4.69, 9.17) is 16.1 Å². The lowest BCUT2D eigenvalue weighted by atomic mass is 10.1. The second kappa shape index (κ2) is 4.17. The van der Waals surface area contributed by atoms with Crippen molar-refractivity contribution in [2.75, 3.05) is 4.90 Å². The van der Waals surface area contributed by atoms with Gasteiger partial charge in [-0.05, 0) is 12.1 Å². The zero-order chi connectivity index (χ0) is 13.6. The first kappa shape index (κ1) is 11.9. The van der Waals surface area contributed by atoms with Gasteiger partial charge in [0.1, 0.15) is 5.82 Å². The van der Waals surface area contributed by atoms with Gasteiger partial charge in [-0.25, -0.2) is 4.39 Å². The number of ketones is 1. The van der Waals surface area contributed by atoms with Crippen LogP contribution in [0.1, 0.15) is 16.1 Å². The van der Waals surface area contributed by atoms with Crippen LogP contribution in [0.15, 0.2) is 28.9 Å². The van der Waals surface area contributed by atoms with Crippen LogP contribution in [0.25, 0.3) is 0 Å². The lowest BCUT2D eigenvalue weighted by molar-refractivity contribution is -0.114. The Bertz CT molecular complexity index is 685. The van der Waals surface area contributed by atoms with E-state index >= 15 is 0 Å². The molecule has 5 nitrogen and oxygen atoms in total. The molecule has 0 N–H and O–H groups in total. The first-order valence-corrected chi connectivity index (χ1v) is 5.70. The molecule has 0 unspecified atom stereocenters. The van der Waals surface area contributed by atoms with Gasteiger partial charge in [-0.2, -0.15) is 0 Å². The zero-order valence-corrected chi connectivity index (χ0v) is 10.1. The predicted molar refractivity (Wildman–Crippen MR) is 63.4 cm³/mol. The Kier molecular flexibility index (Phi) is 2.60. The summed E-state index contributed by atoms with van der Waals surface area (Å²) < 4.78 is 18.3. The van der Waals surface area contributed by atoms with Gasteiger partial charge in [-0.1, -0.05) is 16.8 Å². The number of hydrogen-bond acceptors (Lipinski definition) is 4. The molecule has 1 aliphatic rings. The maximum Gasteiger partial charge on any atom is 0.299 e. The molecule has 1 aromatic heterocycles. The highest BCUT2D eigenvalue weighted by atomic mass is 35.5. The van der Waals surface area contributed by atoms with Crippen LogP contribution in [0.5, 0.6) is 0 Å². The molecule has 1 amide bonds. The van der Waals surface area contributed by atoms with Crippen LogP contribution in [0, 0.1) is 5.82 Å². The molecule has 1 aromatic carbocycles. The minimum Gasteiger partial charge on any atom is -0.359 e. The molecule has 96 valence electrons. The smallest absolute Gasteiger partial charge is 0.299 e. The van der Waals surface area contributed by atoms with E-state index in [1.54, 1.807) is 6.07 Å². The van der Waals surface area contributed by atoms with E-state index in [9.17, 15) is 14.0 Å². The van der Waals surface area contributed by atoms with E-state index in [2.05, 4.69) is 5.16 Å². The maximum absolute atomic E-state index is 13.5. The molecule has 7 heteroatoms. The number of hydrogen-bond donors (Lipinski definition) is 0. The van der Waals surface area contributed by atoms with Crippen LogP contribution in [-0.4, -0.2) is 16.8 Å². The molecular formula is C12H6ClFN2O3. The highest BCUT2D eigenvalue weighted by Gasteiger charge is 2.37. The second-order valence-electron chi connectivity index (χ2n) is 3.98. The van der Waals surface area contributed by atoms with Gasteiger partial charge in [0, 0.05) is 6.07 Å². The van der Waals surface area contributed by atoms with E-state index < -0.39 is 17.5 Å². The molecule has 0 saturated carbocycles. The molecule has 2 heterocycles. The number of benzene rings is 1. The minimum absolute atomic E-state index is 0.0125. The number of anilines is 1. The number of rotatable bonds is 2. The van der Waals surface area contributed by atoms with Crippen molar-refractivity contribution in [2.45, 2.75) is 6.54 Å². The molecule has 0 spiro atoms. The van der Waals surface area contributed by atoms with Gasteiger partial charge >= 0.3 is 0 Å². The normalized spacial score (nSPS) is 14.1. The monoisotopic (exact) mass is 280 g/mol. The molecule has 0 saturated heterocycles. The standard InChI is InChI=1S/C12H6ClFN2O3/c13-8-3-7-10(4-9(8)14)16(12(18)11(7)17)5-6-1-2-15-19-6/h1-4H,5H2. The Hall–Kier alpha value is -2.21. The lowest BCUT2D eigenvalue weighted by Gasteiger charge is -2.14. The van der Waals surface area contributed by atoms with Crippen molar-refractivity contribution in [2.24, 2.45) is 0 Å². The fraction of sp³-hybridized carbons (Fsp3) is 0.0833. The van der Waals surface area contributed by atoms with E-state index in [1.165, 1.54) is 6.20 Å². The minimum atomic E-state index is -0.743. The summed E-state index contributed by atoms with van der Waals surface area (Å²) in [4.78, 5) is 24.8. The number of carbonyl (C=O) groups excluding carboxylic acids is 2. The summed E-state index contributed by atoms with van der Waals surface area (Å²) in [6.07, 6.45) is 1.42. The molecule has 0 aliphatic carbocycles. The third-order valence-corrected chi connectivity index (χ3v) is 3.11. The lowest BCUT2D eigenvalue weighted by Crippen LogP contribution is -2.28. The van der Waals surface area contributed by atoms with Crippen molar-refractivity contribution >= 4 is 29.0 Å². The van der Waals surface area contributed by atoms with Crippen molar-refractivity contribution < 1.29 is 18.5 Å². The van der Waals surface area contributed by atoms with Crippen LogP contribution in [-0.2, 0) is 11.3 Å². The zero-order valence-electron chi connectivity index (χ0n) is 9.39. The molecule has 0 fully saturated rings. The summed E-state index contributed by atoms with van der Waals surface area (Å²) in [5.41, 5.74) is 0.282. The SMILES string of the molecule is O=C1C(=O)N(Cc2ccno2)c2cc(F)c(Cl)cc21. The largest absolute Gasteiger partial charge is 0.359 e. The van der Waals surface area contributed by atoms with Crippen LogP contribution in [0.2, 0.25) is 5.02 Å². The Morgan fingerprint density at radius 2 is 2.16 bits per heavy atom. The van der Waals surface area contributed by atoms with E-state index in [0.29, 0.717) is 5.76 Å². The summed E-state index contributed by atoms with van der Waals surface area (Å²) in [6.45, 7) is 0.0125. The Morgan fingerprint density at radius 1 is 1.37 bits per heavy atom. The third-order valence-electron chi connectivity index (χ3n) is 2.82. The number of halogens is 2. The van der Waals surface area contributed by atoms with E-state index in [1.807, 2.05) is 0 Å². The van der Waals surface area contributed by atoms with Gasteiger partial charge < -0.3 is 4.52 Å². The van der Waals surface area contributed by atoms with Gasteiger partial charge in [0.05, 0.1) is 29.0 Å². The van der Waals surface area contributed by atoms with Crippen LogP contribution in [0.4, 0.5) is 10.1 Å². The van der Waals surface area contributed by atoms with Crippen molar-refractivity contribution in [1.29, 1.82) is 0 Å². The Labute approximate surface area is 111 Å². The quantitative estimate of drug-likeness (QED) is 0.791. The number of carbonyl (C=O) groups is 2. The number of nitrogens with zero attached hydrogens (tertiary/aromatic N) is 2. The molecular weight excluding hydrogens is 275 g/mol. The molecule has 0 atom stereocenters. The number of Topliss-reactive ketones (excluding diaryl/α,β-unsaturated/α-hetero) is 1. The van der Waals surface area contributed by atoms with Gasteiger partial charge in [0.15, 0.2) is 5.76 Å². The molecule has 3 rings (SSSR count). The number of fused-ring (bicyclic) bond motifs is 1. The summed E-state index contributed by atoms with van der Waals surface area (Å²) in [7, 11) is 0. The Morgan fingerprint density at radius 3 is 2.84 bits per heavy atom. The molecule has 2 aromatic rings. The number of amides is 1. The molecule has 19 heavy (non-hydrogen) atoms. The summed E-state index contributed by atoms with van der Waals surface area (Å²) >= 11 is 5.61. The van der Waals surface area contributed by atoms with E-state index in [0.717, 1.165) is 17.0 Å². The number of aromatic nitrogens is 1. The summed E-state index contributed by atoms with van der Waals surface area (Å²) in [5.74, 6) is -1.75. The van der Waals surface area contributed by atoms with Crippen molar-refractivity contribution in [3.63, 3.8) is 0 Å². The first-order valence-electron chi connectivity index (χ1n) is 5.32. The third kappa shape index (κ3) is 1.80. The fourth-order valence-corrected chi connectivity index (χ4v) is 2.09. The van der Waals surface area contributed by atoms with Gasteiger partial charge in [-0.15, -0.1) is 0 Å². The maximum atomic E-state index is 13.5. The van der Waals surface area contributed by atoms with E-state index in [-0.39, 0.29) is 22.8 Å². The van der Waals surface area contributed by atoms with Gasteiger partial charge in [-0.3, -0.25) is 14.5 Å². The molecule has 1 aliphatic heterocycles. The summed E-state index contributed by atoms with van der Waals surface area (Å²) in [6, 6.07) is 3.78. The predicted octanol–water partition coefficient (Wildman–Crippen LogP) is 2.20. The average Bonchev–Trinajstić information content (AvgIpc) is 2.96. The van der Waals surface area contributed by atoms with Crippen LogP contribution in [0.3, 0.4) is 0 Å². The summed E-state index contributed by atoms with van der Waals surface area (Å²) in [5, 5.41) is 3.31. The highest BCUT2D eigenvalue weighted by Crippen LogP contribution is 2.34.